The smallest absolute Gasteiger partial charge is 0.251 e. The molecule has 0 bridgehead atoms. The molecule has 3 nitrogen and oxygen atoms in total. The Morgan fingerprint density at radius 2 is 1.91 bits per heavy atom. The number of ether oxygens (including phenoxy) is 1. The summed E-state index contributed by atoms with van der Waals surface area (Å²) >= 11 is 0. The van der Waals surface area contributed by atoms with Crippen molar-refractivity contribution < 1.29 is 9.53 Å². The lowest BCUT2D eigenvalue weighted by Crippen LogP contribution is -2.26. The lowest BCUT2D eigenvalue weighted by molar-refractivity contribution is 0.0939. The maximum atomic E-state index is 12.5. The summed E-state index contributed by atoms with van der Waals surface area (Å²) in [6, 6.07) is 12.1. The number of fused-ring (bicyclic) bond motifs is 1. The second-order valence-electron chi connectivity index (χ2n) is 6.26. The van der Waals surface area contributed by atoms with Crippen molar-refractivity contribution in [1.29, 1.82) is 0 Å². The predicted molar refractivity (Wildman–Crippen MR) is 92.1 cm³/mol. The molecule has 1 N–H and O–H groups in total. The van der Waals surface area contributed by atoms with Crippen LogP contribution in [0.15, 0.2) is 36.4 Å². The van der Waals surface area contributed by atoms with Gasteiger partial charge in [-0.2, -0.15) is 0 Å². The molecule has 1 amide bonds. The fourth-order valence-electron chi connectivity index (χ4n) is 3.24. The molecule has 0 aromatic heterocycles. The first-order valence-electron chi connectivity index (χ1n) is 8.15. The second kappa shape index (κ2) is 6.45. The molecular weight excluding hydrogens is 286 g/mol. The number of carbonyl (C=O) groups excluding carboxylic acids is 1. The molecule has 120 valence electrons. The summed E-state index contributed by atoms with van der Waals surface area (Å²) in [6.07, 6.45) is 3.58. The Balaban J connectivity index is 1.73. The molecule has 1 atom stereocenters. The van der Waals surface area contributed by atoms with Crippen molar-refractivity contribution >= 4 is 5.91 Å². The zero-order valence-electron chi connectivity index (χ0n) is 14.0. The molecule has 0 unspecified atom stereocenters. The molecule has 23 heavy (non-hydrogen) atoms. The van der Waals surface area contributed by atoms with Crippen LogP contribution in [0.1, 0.15) is 52.0 Å². The van der Waals surface area contributed by atoms with Crippen LogP contribution in [0.2, 0.25) is 0 Å². The second-order valence-corrected chi connectivity index (χ2v) is 6.26. The van der Waals surface area contributed by atoms with Crippen LogP contribution >= 0.6 is 0 Å². The number of benzene rings is 2. The first kappa shape index (κ1) is 15.6. The van der Waals surface area contributed by atoms with Crippen LogP contribution in [0, 0.1) is 6.92 Å². The van der Waals surface area contributed by atoms with Gasteiger partial charge in [0.2, 0.25) is 0 Å². The molecule has 0 fully saturated rings. The first-order valence-corrected chi connectivity index (χ1v) is 8.15. The lowest BCUT2D eigenvalue weighted by Gasteiger charge is -2.16. The highest BCUT2D eigenvalue weighted by atomic mass is 16.5. The van der Waals surface area contributed by atoms with Gasteiger partial charge in [0.25, 0.3) is 5.91 Å². The Hall–Kier alpha value is -2.29. The van der Waals surface area contributed by atoms with Crippen molar-refractivity contribution in [2.45, 2.75) is 39.2 Å². The molecule has 0 radical (unpaired) electrons. The van der Waals surface area contributed by atoms with E-state index in [0.29, 0.717) is 5.56 Å². The molecule has 0 spiro atoms. The van der Waals surface area contributed by atoms with Gasteiger partial charge in [-0.25, -0.2) is 0 Å². The third-order valence-electron chi connectivity index (χ3n) is 4.63. The summed E-state index contributed by atoms with van der Waals surface area (Å²) in [5.74, 6) is 0.747. The SMILES string of the molecule is COc1ccc(C(=O)N[C@@H](C)c2ccc3c(c2)CCC3)cc1C. The average molecular weight is 309 g/mol. The monoisotopic (exact) mass is 309 g/mol. The molecule has 2 aromatic rings. The van der Waals surface area contributed by atoms with E-state index in [9.17, 15) is 4.79 Å². The Bertz CT molecular complexity index is 736. The van der Waals surface area contributed by atoms with E-state index in [1.165, 1.54) is 29.5 Å². The van der Waals surface area contributed by atoms with Gasteiger partial charge in [-0.05, 0) is 73.6 Å². The fraction of sp³-hybridized carbons (Fsp3) is 0.350. The number of hydrogen-bond acceptors (Lipinski definition) is 2. The van der Waals surface area contributed by atoms with Crippen molar-refractivity contribution in [3.8, 4) is 5.75 Å². The quantitative estimate of drug-likeness (QED) is 0.927. The Morgan fingerprint density at radius 1 is 1.13 bits per heavy atom. The number of methoxy groups -OCH3 is 1. The minimum Gasteiger partial charge on any atom is -0.496 e. The highest BCUT2D eigenvalue weighted by Gasteiger charge is 2.16. The van der Waals surface area contributed by atoms with Gasteiger partial charge in [0.05, 0.1) is 13.2 Å². The molecule has 3 heteroatoms. The number of nitrogens with one attached hydrogen (secondary N) is 1. The van der Waals surface area contributed by atoms with Crippen molar-refractivity contribution in [1.82, 2.24) is 5.32 Å². The van der Waals surface area contributed by atoms with Crippen LogP contribution in [-0.4, -0.2) is 13.0 Å². The van der Waals surface area contributed by atoms with Gasteiger partial charge in [0.15, 0.2) is 0 Å². The minimum atomic E-state index is -0.0521. The number of hydrogen-bond donors (Lipinski definition) is 1. The maximum Gasteiger partial charge on any atom is 0.251 e. The minimum absolute atomic E-state index is 0.00388. The zero-order chi connectivity index (χ0) is 16.4. The largest absolute Gasteiger partial charge is 0.496 e. The van der Waals surface area contributed by atoms with Gasteiger partial charge in [-0.1, -0.05) is 18.2 Å². The van der Waals surface area contributed by atoms with Crippen molar-refractivity contribution in [3.63, 3.8) is 0 Å². The highest BCUT2D eigenvalue weighted by Crippen LogP contribution is 2.25. The van der Waals surface area contributed by atoms with E-state index in [-0.39, 0.29) is 11.9 Å². The van der Waals surface area contributed by atoms with Gasteiger partial charge in [0, 0.05) is 5.56 Å². The lowest BCUT2D eigenvalue weighted by atomic mass is 10.0. The van der Waals surface area contributed by atoms with E-state index < -0.39 is 0 Å². The zero-order valence-corrected chi connectivity index (χ0v) is 14.0. The van der Waals surface area contributed by atoms with Crippen LogP contribution < -0.4 is 10.1 Å². The highest BCUT2D eigenvalue weighted by molar-refractivity contribution is 5.94. The first-order chi connectivity index (χ1) is 11.1. The van der Waals surface area contributed by atoms with Gasteiger partial charge in [-0.3, -0.25) is 4.79 Å². The van der Waals surface area contributed by atoms with E-state index >= 15 is 0 Å². The standard InChI is InChI=1S/C20H23NO2/c1-13-11-18(9-10-19(13)23-3)20(22)21-14(2)16-8-7-15-5-4-6-17(15)12-16/h7-12,14H,4-6H2,1-3H3,(H,21,22)/t14-/m0/s1. The van der Waals surface area contributed by atoms with Crippen LogP contribution in [0.4, 0.5) is 0 Å². The average Bonchev–Trinajstić information content (AvgIpc) is 3.02. The number of rotatable bonds is 4. The molecule has 0 saturated carbocycles. The number of carbonyl (C=O) groups is 1. The van der Waals surface area contributed by atoms with Gasteiger partial charge in [-0.15, -0.1) is 0 Å². The van der Waals surface area contributed by atoms with E-state index in [4.69, 9.17) is 4.74 Å². The van der Waals surface area contributed by atoms with Crippen molar-refractivity contribution in [2.75, 3.05) is 7.11 Å². The van der Waals surface area contributed by atoms with Crippen LogP contribution in [0.25, 0.3) is 0 Å². The van der Waals surface area contributed by atoms with Crippen LogP contribution in [-0.2, 0) is 12.8 Å². The topological polar surface area (TPSA) is 38.3 Å². The molecule has 1 aliphatic carbocycles. The van der Waals surface area contributed by atoms with Crippen LogP contribution in [0.3, 0.4) is 0 Å². The van der Waals surface area contributed by atoms with E-state index in [0.717, 1.165) is 17.7 Å². The van der Waals surface area contributed by atoms with E-state index in [1.54, 1.807) is 13.2 Å². The molecule has 0 saturated heterocycles. The predicted octanol–water partition coefficient (Wildman–Crippen LogP) is 3.98. The summed E-state index contributed by atoms with van der Waals surface area (Å²) in [5.41, 5.74) is 5.69. The summed E-state index contributed by atoms with van der Waals surface area (Å²) < 4.78 is 5.24. The van der Waals surface area contributed by atoms with Crippen molar-refractivity contribution in [3.05, 3.63) is 64.2 Å². The molecule has 1 aliphatic rings. The number of amides is 1. The molecule has 3 rings (SSSR count). The van der Waals surface area contributed by atoms with Gasteiger partial charge >= 0.3 is 0 Å². The summed E-state index contributed by atoms with van der Waals surface area (Å²) in [5, 5.41) is 3.09. The van der Waals surface area contributed by atoms with Crippen molar-refractivity contribution in [2.24, 2.45) is 0 Å². The van der Waals surface area contributed by atoms with E-state index in [1.807, 2.05) is 26.0 Å². The third kappa shape index (κ3) is 3.24. The Labute approximate surface area is 137 Å². The van der Waals surface area contributed by atoms with Crippen LogP contribution in [0.5, 0.6) is 5.75 Å². The Morgan fingerprint density at radius 3 is 2.65 bits per heavy atom. The molecule has 0 heterocycles. The molecule has 0 aliphatic heterocycles. The summed E-state index contributed by atoms with van der Waals surface area (Å²) in [6.45, 7) is 3.98. The summed E-state index contributed by atoms with van der Waals surface area (Å²) in [4.78, 5) is 12.5. The van der Waals surface area contributed by atoms with E-state index in [2.05, 4.69) is 23.5 Å². The Kier molecular flexibility index (Phi) is 4.37. The molecular formula is C20H23NO2. The third-order valence-corrected chi connectivity index (χ3v) is 4.63. The summed E-state index contributed by atoms with van der Waals surface area (Å²) in [7, 11) is 1.64. The molecule has 2 aromatic carbocycles. The normalized spacial score (nSPS) is 14.2. The van der Waals surface area contributed by atoms with Gasteiger partial charge in [0.1, 0.15) is 5.75 Å². The number of aryl methyl sites for hydroxylation is 3. The maximum absolute atomic E-state index is 12.5. The fourth-order valence-corrected chi connectivity index (χ4v) is 3.24. The van der Waals surface area contributed by atoms with Gasteiger partial charge < -0.3 is 10.1 Å².